The molecule has 0 heterocycles. The van der Waals surface area contributed by atoms with Crippen molar-refractivity contribution in [2.75, 3.05) is 7.11 Å². The lowest BCUT2D eigenvalue weighted by Gasteiger charge is -2.17. The SMILES string of the molecule is CC[C@@H](Oc1ccc(OC)cc1)C(=O)NCc1cccc(C)c1. The van der Waals surface area contributed by atoms with Gasteiger partial charge in [-0.3, -0.25) is 4.79 Å². The Morgan fingerprint density at radius 3 is 2.43 bits per heavy atom. The van der Waals surface area contributed by atoms with Crippen LogP contribution in [0.2, 0.25) is 0 Å². The molecule has 1 amide bonds. The van der Waals surface area contributed by atoms with Crippen LogP contribution in [0, 0.1) is 6.92 Å². The summed E-state index contributed by atoms with van der Waals surface area (Å²) in [5.74, 6) is 1.31. The molecule has 23 heavy (non-hydrogen) atoms. The van der Waals surface area contributed by atoms with Gasteiger partial charge in [-0.05, 0) is 43.2 Å². The van der Waals surface area contributed by atoms with Gasteiger partial charge in [-0.2, -0.15) is 0 Å². The van der Waals surface area contributed by atoms with Gasteiger partial charge >= 0.3 is 0 Å². The highest BCUT2D eigenvalue weighted by molar-refractivity contribution is 5.81. The Bertz CT molecular complexity index is 637. The Balaban J connectivity index is 1.92. The highest BCUT2D eigenvalue weighted by atomic mass is 16.5. The molecule has 0 bridgehead atoms. The average molecular weight is 313 g/mol. The van der Waals surface area contributed by atoms with Crippen LogP contribution in [0.3, 0.4) is 0 Å². The molecule has 0 aromatic heterocycles. The summed E-state index contributed by atoms with van der Waals surface area (Å²) in [4.78, 5) is 12.3. The first-order chi connectivity index (χ1) is 11.1. The second kappa shape index (κ2) is 8.22. The van der Waals surface area contributed by atoms with E-state index in [1.165, 1.54) is 5.56 Å². The second-order valence-corrected chi connectivity index (χ2v) is 5.40. The van der Waals surface area contributed by atoms with Gasteiger partial charge in [0, 0.05) is 6.54 Å². The van der Waals surface area contributed by atoms with Gasteiger partial charge < -0.3 is 14.8 Å². The zero-order valence-electron chi connectivity index (χ0n) is 13.8. The minimum Gasteiger partial charge on any atom is -0.497 e. The molecule has 4 nitrogen and oxygen atoms in total. The maximum absolute atomic E-state index is 12.3. The third kappa shape index (κ3) is 5.02. The van der Waals surface area contributed by atoms with Crippen molar-refractivity contribution in [3.8, 4) is 11.5 Å². The topological polar surface area (TPSA) is 47.6 Å². The minimum absolute atomic E-state index is 0.107. The normalized spacial score (nSPS) is 11.6. The lowest BCUT2D eigenvalue weighted by molar-refractivity contribution is -0.128. The first-order valence-electron chi connectivity index (χ1n) is 7.76. The molecule has 2 aromatic rings. The molecular weight excluding hydrogens is 290 g/mol. The molecule has 1 atom stereocenters. The highest BCUT2D eigenvalue weighted by Gasteiger charge is 2.18. The van der Waals surface area contributed by atoms with E-state index in [9.17, 15) is 4.79 Å². The van der Waals surface area contributed by atoms with Gasteiger partial charge in [-0.25, -0.2) is 0 Å². The van der Waals surface area contributed by atoms with Crippen LogP contribution in [0.4, 0.5) is 0 Å². The molecular formula is C19H23NO3. The molecule has 0 spiro atoms. The molecule has 0 radical (unpaired) electrons. The average Bonchev–Trinajstić information content (AvgIpc) is 2.58. The lowest BCUT2D eigenvalue weighted by atomic mass is 10.1. The summed E-state index contributed by atoms with van der Waals surface area (Å²) in [5, 5.41) is 2.93. The van der Waals surface area contributed by atoms with Crippen LogP contribution in [0.1, 0.15) is 24.5 Å². The van der Waals surface area contributed by atoms with Crippen LogP contribution >= 0.6 is 0 Å². The van der Waals surface area contributed by atoms with Crippen LogP contribution in [0.15, 0.2) is 48.5 Å². The summed E-state index contributed by atoms with van der Waals surface area (Å²) < 4.78 is 10.9. The van der Waals surface area contributed by atoms with Gasteiger partial charge in [-0.15, -0.1) is 0 Å². The number of methoxy groups -OCH3 is 1. The van der Waals surface area contributed by atoms with Gasteiger partial charge in [0.05, 0.1) is 7.11 Å². The Hall–Kier alpha value is -2.49. The summed E-state index contributed by atoms with van der Waals surface area (Å²) in [5.41, 5.74) is 2.26. The molecule has 0 fully saturated rings. The van der Waals surface area contributed by atoms with E-state index >= 15 is 0 Å². The maximum Gasteiger partial charge on any atom is 0.261 e. The van der Waals surface area contributed by atoms with E-state index in [1.807, 2.05) is 44.2 Å². The number of rotatable bonds is 7. The van der Waals surface area contributed by atoms with Crippen molar-refractivity contribution in [2.45, 2.75) is 32.9 Å². The predicted molar refractivity (Wildman–Crippen MR) is 90.7 cm³/mol. The first-order valence-corrected chi connectivity index (χ1v) is 7.76. The molecule has 0 aliphatic rings. The fourth-order valence-electron chi connectivity index (χ4n) is 2.27. The van der Waals surface area contributed by atoms with E-state index in [2.05, 4.69) is 11.4 Å². The van der Waals surface area contributed by atoms with Crippen molar-refractivity contribution >= 4 is 5.91 Å². The Labute approximate surface area is 137 Å². The monoisotopic (exact) mass is 313 g/mol. The van der Waals surface area contributed by atoms with E-state index in [0.717, 1.165) is 11.3 Å². The van der Waals surface area contributed by atoms with Gasteiger partial charge in [0.25, 0.3) is 5.91 Å². The van der Waals surface area contributed by atoms with Gasteiger partial charge in [-0.1, -0.05) is 36.8 Å². The van der Waals surface area contributed by atoms with E-state index in [0.29, 0.717) is 18.7 Å². The quantitative estimate of drug-likeness (QED) is 0.851. The smallest absolute Gasteiger partial charge is 0.261 e. The van der Waals surface area contributed by atoms with Gasteiger partial charge in [0.2, 0.25) is 0 Å². The second-order valence-electron chi connectivity index (χ2n) is 5.40. The molecule has 4 heteroatoms. The van der Waals surface area contributed by atoms with Crippen LogP contribution in [0.5, 0.6) is 11.5 Å². The number of ether oxygens (including phenoxy) is 2. The summed E-state index contributed by atoms with van der Waals surface area (Å²) >= 11 is 0. The molecule has 2 aromatic carbocycles. The Morgan fingerprint density at radius 1 is 1.13 bits per heavy atom. The first kappa shape index (κ1) is 16.9. The van der Waals surface area contributed by atoms with Crippen molar-refractivity contribution in [1.82, 2.24) is 5.32 Å². The number of nitrogens with one attached hydrogen (secondary N) is 1. The molecule has 2 rings (SSSR count). The summed E-state index contributed by atoms with van der Waals surface area (Å²) in [6.45, 7) is 4.47. The summed E-state index contributed by atoms with van der Waals surface area (Å²) in [6.07, 6.45) is 0.0966. The van der Waals surface area contributed by atoms with Crippen molar-refractivity contribution in [2.24, 2.45) is 0 Å². The van der Waals surface area contributed by atoms with E-state index in [1.54, 1.807) is 19.2 Å². The molecule has 122 valence electrons. The fourth-order valence-corrected chi connectivity index (χ4v) is 2.27. The van der Waals surface area contributed by atoms with Gasteiger partial charge in [0.1, 0.15) is 11.5 Å². The van der Waals surface area contributed by atoms with Crippen molar-refractivity contribution in [1.29, 1.82) is 0 Å². The van der Waals surface area contributed by atoms with Crippen molar-refractivity contribution < 1.29 is 14.3 Å². The molecule has 0 aliphatic carbocycles. The van der Waals surface area contributed by atoms with E-state index < -0.39 is 6.10 Å². The molecule has 0 aliphatic heterocycles. The number of benzene rings is 2. The third-order valence-corrected chi connectivity index (χ3v) is 3.55. The molecule has 1 N–H and O–H groups in total. The fraction of sp³-hybridized carbons (Fsp3) is 0.316. The number of carbonyl (C=O) groups excluding carboxylic acids is 1. The zero-order chi connectivity index (χ0) is 16.7. The van der Waals surface area contributed by atoms with Gasteiger partial charge in [0.15, 0.2) is 6.10 Å². The number of carbonyl (C=O) groups is 1. The largest absolute Gasteiger partial charge is 0.497 e. The van der Waals surface area contributed by atoms with Crippen LogP contribution in [-0.2, 0) is 11.3 Å². The Kier molecular flexibility index (Phi) is 6.03. The van der Waals surface area contributed by atoms with Crippen LogP contribution in [0.25, 0.3) is 0 Å². The van der Waals surface area contributed by atoms with E-state index in [4.69, 9.17) is 9.47 Å². The third-order valence-electron chi connectivity index (χ3n) is 3.55. The lowest BCUT2D eigenvalue weighted by Crippen LogP contribution is -2.37. The number of aryl methyl sites for hydroxylation is 1. The minimum atomic E-state index is -0.506. The summed E-state index contributed by atoms with van der Waals surface area (Å²) in [6, 6.07) is 15.3. The summed E-state index contributed by atoms with van der Waals surface area (Å²) in [7, 11) is 1.61. The van der Waals surface area contributed by atoms with Crippen molar-refractivity contribution in [3.63, 3.8) is 0 Å². The number of hydrogen-bond acceptors (Lipinski definition) is 3. The number of hydrogen-bond donors (Lipinski definition) is 1. The Morgan fingerprint density at radius 2 is 1.83 bits per heavy atom. The molecule has 0 saturated carbocycles. The molecule has 0 saturated heterocycles. The standard InChI is InChI=1S/C19H23NO3/c1-4-18(23-17-10-8-16(22-3)9-11-17)19(21)20-13-15-7-5-6-14(2)12-15/h5-12,18H,4,13H2,1-3H3,(H,20,21)/t18-/m1/s1. The maximum atomic E-state index is 12.3. The van der Waals surface area contributed by atoms with Crippen molar-refractivity contribution in [3.05, 3.63) is 59.7 Å². The highest BCUT2D eigenvalue weighted by Crippen LogP contribution is 2.19. The van der Waals surface area contributed by atoms with E-state index in [-0.39, 0.29) is 5.91 Å². The van der Waals surface area contributed by atoms with Crippen LogP contribution < -0.4 is 14.8 Å². The zero-order valence-corrected chi connectivity index (χ0v) is 13.8. The predicted octanol–water partition coefficient (Wildman–Crippen LogP) is 3.48. The number of amides is 1. The molecule has 0 unspecified atom stereocenters. The van der Waals surface area contributed by atoms with Crippen LogP contribution in [-0.4, -0.2) is 19.1 Å².